The second kappa shape index (κ2) is 6.65. The minimum atomic E-state index is -0.721. The first kappa shape index (κ1) is 17.5. The highest BCUT2D eigenvalue weighted by Gasteiger charge is 2.61. The topological polar surface area (TPSA) is 69.6 Å². The zero-order valence-corrected chi connectivity index (χ0v) is 14.8. The van der Waals surface area contributed by atoms with Crippen LogP contribution >= 0.6 is 0 Å². The number of halogens is 1. The zero-order valence-electron chi connectivity index (χ0n) is 14.8. The maximum Gasteiger partial charge on any atom is 0.307 e. The fourth-order valence-electron chi connectivity index (χ4n) is 4.95. The molecule has 3 fully saturated rings. The number of nitrogens with one attached hydrogen (secondary N) is 1. The molecule has 1 aliphatic heterocycles. The Balaban J connectivity index is 1.30. The summed E-state index contributed by atoms with van der Waals surface area (Å²) >= 11 is 0. The van der Waals surface area contributed by atoms with E-state index in [1.165, 1.54) is 12.1 Å². The molecular weight excluding hydrogens is 335 g/mol. The summed E-state index contributed by atoms with van der Waals surface area (Å²) in [5.74, 6) is -1.23. The van der Waals surface area contributed by atoms with Crippen molar-refractivity contribution in [2.75, 3.05) is 13.1 Å². The van der Waals surface area contributed by atoms with Crippen LogP contribution in [0.4, 0.5) is 4.39 Å². The van der Waals surface area contributed by atoms with Crippen molar-refractivity contribution in [3.63, 3.8) is 0 Å². The molecule has 3 aliphatic rings. The summed E-state index contributed by atoms with van der Waals surface area (Å²) in [5, 5.41) is 12.5. The standard InChI is InChI=1S/C20H25FN2O3/c21-15-4-2-13(3-5-15)11-23-9-6-14(12-23)18(24)22-17-10-16(19(25)26)20(17)7-1-8-20/h2-5,14,16-17H,1,6-12H2,(H,22,24)(H,25,26)/t14?,16-,17-/m0/s1. The Morgan fingerprint density at radius 3 is 2.62 bits per heavy atom. The van der Waals surface area contributed by atoms with Gasteiger partial charge in [-0.1, -0.05) is 18.6 Å². The second-order valence-corrected chi connectivity index (χ2v) is 8.12. The largest absolute Gasteiger partial charge is 0.481 e. The number of likely N-dealkylation sites (tertiary alicyclic amines) is 1. The highest BCUT2D eigenvalue weighted by molar-refractivity contribution is 5.81. The maximum atomic E-state index is 13.0. The van der Waals surface area contributed by atoms with E-state index in [1.807, 2.05) is 0 Å². The normalized spacial score (nSPS) is 29.8. The minimum Gasteiger partial charge on any atom is -0.481 e. The van der Waals surface area contributed by atoms with E-state index in [0.29, 0.717) is 13.0 Å². The monoisotopic (exact) mass is 360 g/mol. The van der Waals surface area contributed by atoms with Gasteiger partial charge in [0.1, 0.15) is 5.82 Å². The SMILES string of the molecule is O=C(N[C@H]1C[C@@H](C(=O)O)C12CCC2)C1CCN(Cc2ccc(F)cc2)C1. The molecule has 0 aromatic heterocycles. The molecule has 2 aliphatic carbocycles. The summed E-state index contributed by atoms with van der Waals surface area (Å²) in [7, 11) is 0. The van der Waals surface area contributed by atoms with E-state index in [2.05, 4.69) is 10.2 Å². The van der Waals surface area contributed by atoms with Crippen LogP contribution in [0.1, 0.15) is 37.7 Å². The molecule has 2 N–H and O–H groups in total. The Morgan fingerprint density at radius 1 is 1.27 bits per heavy atom. The van der Waals surface area contributed by atoms with E-state index in [4.69, 9.17) is 0 Å². The van der Waals surface area contributed by atoms with Gasteiger partial charge in [0, 0.05) is 24.5 Å². The molecule has 1 amide bonds. The van der Waals surface area contributed by atoms with Gasteiger partial charge < -0.3 is 10.4 Å². The van der Waals surface area contributed by atoms with Gasteiger partial charge in [0.05, 0.1) is 11.8 Å². The Bertz CT molecular complexity index is 702. The molecule has 1 heterocycles. The van der Waals surface area contributed by atoms with E-state index >= 15 is 0 Å². The molecule has 0 radical (unpaired) electrons. The van der Waals surface area contributed by atoms with E-state index in [0.717, 1.165) is 44.3 Å². The summed E-state index contributed by atoms with van der Waals surface area (Å²) in [6, 6.07) is 6.51. The van der Waals surface area contributed by atoms with Gasteiger partial charge in [0.2, 0.25) is 5.91 Å². The molecule has 1 unspecified atom stereocenters. The predicted octanol–water partition coefficient (Wildman–Crippen LogP) is 2.41. The van der Waals surface area contributed by atoms with Crippen LogP contribution in [0.3, 0.4) is 0 Å². The Morgan fingerprint density at radius 2 is 2.00 bits per heavy atom. The number of benzene rings is 1. The molecule has 0 bridgehead atoms. The van der Waals surface area contributed by atoms with Gasteiger partial charge in [0.15, 0.2) is 0 Å². The summed E-state index contributed by atoms with van der Waals surface area (Å²) in [5.41, 5.74) is 0.859. The first-order valence-corrected chi connectivity index (χ1v) is 9.48. The quantitative estimate of drug-likeness (QED) is 0.846. The van der Waals surface area contributed by atoms with Crippen molar-refractivity contribution in [1.29, 1.82) is 0 Å². The lowest BCUT2D eigenvalue weighted by atomic mass is 9.47. The number of carbonyl (C=O) groups is 2. The number of aliphatic carboxylic acids is 1. The molecule has 2 saturated carbocycles. The lowest BCUT2D eigenvalue weighted by Crippen LogP contribution is -2.66. The summed E-state index contributed by atoms with van der Waals surface area (Å²) in [4.78, 5) is 26.3. The van der Waals surface area contributed by atoms with Gasteiger partial charge in [-0.3, -0.25) is 14.5 Å². The average Bonchev–Trinajstić information content (AvgIpc) is 3.00. The molecule has 4 rings (SSSR count). The van der Waals surface area contributed by atoms with Gasteiger partial charge >= 0.3 is 5.97 Å². The summed E-state index contributed by atoms with van der Waals surface area (Å²) in [6.45, 7) is 2.27. The van der Waals surface area contributed by atoms with Crippen molar-refractivity contribution in [1.82, 2.24) is 10.2 Å². The average molecular weight is 360 g/mol. The van der Waals surface area contributed by atoms with Gasteiger partial charge in [-0.15, -0.1) is 0 Å². The van der Waals surface area contributed by atoms with Crippen LogP contribution in [0, 0.1) is 23.1 Å². The molecule has 140 valence electrons. The van der Waals surface area contributed by atoms with E-state index in [9.17, 15) is 19.1 Å². The third-order valence-corrected chi connectivity index (χ3v) is 6.72. The number of carboxylic acids is 1. The molecule has 5 nitrogen and oxygen atoms in total. The molecule has 1 aromatic carbocycles. The molecule has 1 spiro atoms. The van der Waals surface area contributed by atoms with E-state index in [-0.39, 0.29) is 35.0 Å². The fourth-order valence-corrected chi connectivity index (χ4v) is 4.95. The van der Waals surface area contributed by atoms with Gasteiger partial charge in [-0.25, -0.2) is 4.39 Å². The molecule has 1 aromatic rings. The highest BCUT2D eigenvalue weighted by atomic mass is 19.1. The summed E-state index contributed by atoms with van der Waals surface area (Å²) < 4.78 is 13.0. The number of amides is 1. The van der Waals surface area contributed by atoms with Crippen LogP contribution in [0.2, 0.25) is 0 Å². The van der Waals surface area contributed by atoms with Crippen molar-refractivity contribution >= 4 is 11.9 Å². The van der Waals surface area contributed by atoms with Gasteiger partial charge in [0.25, 0.3) is 0 Å². The highest BCUT2D eigenvalue weighted by Crippen LogP contribution is 2.59. The van der Waals surface area contributed by atoms with Crippen molar-refractivity contribution in [3.05, 3.63) is 35.6 Å². The third-order valence-electron chi connectivity index (χ3n) is 6.72. The molecule has 3 atom stereocenters. The first-order valence-electron chi connectivity index (χ1n) is 9.48. The second-order valence-electron chi connectivity index (χ2n) is 8.12. The molecule has 1 saturated heterocycles. The Hall–Kier alpha value is -1.95. The summed E-state index contributed by atoms with van der Waals surface area (Å²) in [6.07, 6.45) is 4.26. The van der Waals surface area contributed by atoms with Gasteiger partial charge in [-0.05, 0) is 49.9 Å². The van der Waals surface area contributed by atoms with Crippen LogP contribution in [0.15, 0.2) is 24.3 Å². The lowest BCUT2D eigenvalue weighted by molar-refractivity contribution is -0.170. The maximum absolute atomic E-state index is 13.0. The van der Waals surface area contributed by atoms with Crippen molar-refractivity contribution in [2.45, 2.75) is 44.7 Å². The number of carboxylic acid groups (broad SMARTS) is 1. The Kier molecular flexibility index (Phi) is 4.47. The molecule has 26 heavy (non-hydrogen) atoms. The predicted molar refractivity (Wildman–Crippen MR) is 93.7 cm³/mol. The molecule has 6 heteroatoms. The van der Waals surface area contributed by atoms with Gasteiger partial charge in [-0.2, -0.15) is 0 Å². The van der Waals surface area contributed by atoms with Crippen LogP contribution < -0.4 is 5.32 Å². The van der Waals surface area contributed by atoms with Crippen molar-refractivity contribution < 1.29 is 19.1 Å². The minimum absolute atomic E-state index is 0.0241. The Labute approximate surface area is 152 Å². The van der Waals surface area contributed by atoms with Crippen LogP contribution in [-0.2, 0) is 16.1 Å². The molecular formula is C20H25FN2O3. The fraction of sp³-hybridized carbons (Fsp3) is 0.600. The van der Waals surface area contributed by atoms with E-state index in [1.54, 1.807) is 12.1 Å². The number of carbonyl (C=O) groups excluding carboxylic acids is 1. The smallest absolute Gasteiger partial charge is 0.307 e. The van der Waals surface area contributed by atoms with E-state index < -0.39 is 5.97 Å². The van der Waals surface area contributed by atoms with Crippen molar-refractivity contribution in [2.24, 2.45) is 17.3 Å². The van der Waals surface area contributed by atoms with Crippen LogP contribution in [0.5, 0.6) is 0 Å². The number of nitrogens with zero attached hydrogens (tertiary/aromatic N) is 1. The number of hydrogen-bond donors (Lipinski definition) is 2. The zero-order chi connectivity index (χ0) is 18.3. The number of hydrogen-bond acceptors (Lipinski definition) is 3. The third kappa shape index (κ3) is 3.00. The van der Waals surface area contributed by atoms with Crippen molar-refractivity contribution in [3.8, 4) is 0 Å². The lowest BCUT2D eigenvalue weighted by Gasteiger charge is -2.60. The first-order chi connectivity index (χ1) is 12.5. The number of rotatable bonds is 5. The van der Waals surface area contributed by atoms with Crippen LogP contribution in [0.25, 0.3) is 0 Å². The van der Waals surface area contributed by atoms with Crippen LogP contribution in [-0.4, -0.2) is 41.0 Å².